The van der Waals surface area contributed by atoms with Gasteiger partial charge in [0.15, 0.2) is 5.78 Å². The van der Waals surface area contributed by atoms with E-state index in [-0.39, 0.29) is 40.0 Å². The number of rotatable bonds is 11. The maximum atomic E-state index is 14.0. The molecule has 2 N–H and O–H groups in total. The number of aliphatic hydroxyl groups excluding tert-OH is 1. The van der Waals surface area contributed by atoms with Gasteiger partial charge >= 0.3 is 0 Å². The van der Waals surface area contributed by atoms with Crippen LogP contribution in [-0.4, -0.2) is 94.9 Å². The monoisotopic (exact) mass is 650 g/mol. The first kappa shape index (κ1) is 34.3. The minimum atomic E-state index is -0.425. The first-order chi connectivity index (χ1) is 23.2. The van der Waals surface area contributed by atoms with Gasteiger partial charge in [-0.1, -0.05) is 42.5 Å². The topological polar surface area (TPSA) is 105 Å². The van der Waals surface area contributed by atoms with Gasteiger partial charge in [-0.05, 0) is 63.9 Å². The largest absolute Gasteiger partial charge is 0.512 e. The maximum absolute atomic E-state index is 14.0. The molecule has 0 saturated carbocycles. The summed E-state index contributed by atoms with van der Waals surface area (Å²) in [5, 5.41) is 21.9. The van der Waals surface area contributed by atoms with Gasteiger partial charge in [0, 0.05) is 92.9 Å². The molecule has 2 aliphatic rings. The van der Waals surface area contributed by atoms with Crippen LogP contribution in [0, 0.1) is 0 Å². The predicted molar refractivity (Wildman–Crippen MR) is 190 cm³/mol. The number of hydrogen-bond acceptors (Lipinski definition) is 7. The zero-order valence-corrected chi connectivity index (χ0v) is 28.4. The predicted octanol–water partition coefficient (Wildman–Crippen LogP) is 6.36. The van der Waals surface area contributed by atoms with E-state index in [1.54, 1.807) is 52.3 Å². The number of ketones is 1. The van der Waals surface area contributed by atoms with Crippen LogP contribution < -0.4 is 4.90 Å². The number of allylic oxidation sites excluding steroid dienone is 3. The number of anilines is 1. The van der Waals surface area contributed by atoms with E-state index in [1.165, 1.54) is 0 Å². The Balaban J connectivity index is 1.33. The van der Waals surface area contributed by atoms with Gasteiger partial charge in [-0.15, -0.1) is 0 Å². The lowest BCUT2D eigenvalue weighted by atomic mass is 9.90. The smallest absolute Gasteiger partial charge is 0.254 e. The zero-order chi connectivity index (χ0) is 34.4. The quantitative estimate of drug-likeness (QED) is 0.233. The number of phenolic OH excluding ortho intramolecular Hbond substituents is 1. The Kier molecular flexibility index (Phi) is 10.9. The lowest BCUT2D eigenvalue weighted by molar-refractivity contribution is 0.0534. The van der Waals surface area contributed by atoms with Crippen molar-refractivity contribution in [3.8, 4) is 5.75 Å². The molecular weight excluding hydrogens is 604 g/mol. The average molecular weight is 651 g/mol. The van der Waals surface area contributed by atoms with Gasteiger partial charge in [0.25, 0.3) is 11.8 Å². The number of hydrogen-bond donors (Lipinski definition) is 2. The molecule has 2 amide bonds. The molecule has 0 atom stereocenters. The lowest BCUT2D eigenvalue weighted by Gasteiger charge is -2.36. The number of phenols is 1. The molecule has 3 aromatic rings. The van der Waals surface area contributed by atoms with Gasteiger partial charge in [0.05, 0.1) is 11.1 Å². The van der Waals surface area contributed by atoms with Gasteiger partial charge in [0.1, 0.15) is 11.5 Å². The summed E-state index contributed by atoms with van der Waals surface area (Å²) in [5.41, 5.74) is 4.31. The Morgan fingerprint density at radius 1 is 0.667 bits per heavy atom. The molecule has 1 fully saturated rings. The standard InChI is InChI=1S/C39H46N4O5/c1-5-40(6-2)27-20-21-32(35(45)26-27)37(46)29-15-10-12-17-31(29)39(48)43-24-22-42(23-25-43)38(47)30-16-11-9-14-28(30)36-33(41(7-3)8-4)18-13-19-34(36)44/h9-12,14-18,20-21,26,44-45H,5-8,13,19,22-25H2,1-4H3. The van der Waals surface area contributed by atoms with Gasteiger partial charge in [0.2, 0.25) is 0 Å². The summed E-state index contributed by atoms with van der Waals surface area (Å²) in [5.74, 6) is -0.711. The highest BCUT2D eigenvalue weighted by molar-refractivity contribution is 6.16. The Labute approximate surface area is 283 Å². The molecule has 3 aromatic carbocycles. The third kappa shape index (κ3) is 6.81. The molecule has 0 spiro atoms. The van der Waals surface area contributed by atoms with Crippen molar-refractivity contribution >= 4 is 28.9 Å². The van der Waals surface area contributed by atoms with E-state index in [4.69, 9.17) is 0 Å². The third-order valence-electron chi connectivity index (χ3n) is 9.41. The van der Waals surface area contributed by atoms with Crippen LogP contribution in [0.5, 0.6) is 5.75 Å². The van der Waals surface area contributed by atoms with Crippen molar-refractivity contribution in [2.45, 2.75) is 40.5 Å². The van der Waals surface area contributed by atoms with Crippen molar-refractivity contribution in [3.05, 3.63) is 112 Å². The molecule has 5 rings (SSSR count). The van der Waals surface area contributed by atoms with Crippen LogP contribution >= 0.6 is 0 Å². The number of aromatic hydroxyl groups is 1. The molecule has 0 bridgehead atoms. The molecular formula is C39H46N4O5. The minimum absolute atomic E-state index is 0.129. The lowest BCUT2D eigenvalue weighted by Crippen LogP contribution is -2.51. The highest BCUT2D eigenvalue weighted by Crippen LogP contribution is 2.36. The van der Waals surface area contributed by atoms with E-state index in [0.29, 0.717) is 49.3 Å². The first-order valence-corrected chi connectivity index (χ1v) is 17.0. The number of amides is 2. The zero-order valence-electron chi connectivity index (χ0n) is 28.4. The SMILES string of the molecule is CCN(CC)C1=CCCC(O)=C1c1ccccc1C(=O)N1CCN(C(=O)c2ccccc2C(=O)c2ccc(N(CC)CC)cc2O)CC1. The number of carbonyl (C=O) groups excluding carboxylic acids is 3. The second-order valence-electron chi connectivity index (χ2n) is 12.0. The number of aliphatic hydroxyl groups is 1. The third-order valence-corrected chi connectivity index (χ3v) is 9.41. The maximum Gasteiger partial charge on any atom is 0.254 e. The molecule has 1 aliphatic heterocycles. The molecule has 1 heterocycles. The van der Waals surface area contributed by atoms with E-state index >= 15 is 0 Å². The summed E-state index contributed by atoms with van der Waals surface area (Å²) >= 11 is 0. The van der Waals surface area contributed by atoms with Crippen molar-refractivity contribution in [2.24, 2.45) is 0 Å². The number of likely N-dealkylation sites (N-methyl/N-ethyl adjacent to an activating group) is 1. The van der Waals surface area contributed by atoms with Crippen LogP contribution in [0.2, 0.25) is 0 Å². The highest BCUT2D eigenvalue weighted by Gasteiger charge is 2.31. The Hall–Kier alpha value is -5.05. The van der Waals surface area contributed by atoms with E-state index < -0.39 is 5.78 Å². The van der Waals surface area contributed by atoms with Crippen LogP contribution in [0.1, 0.15) is 82.7 Å². The average Bonchev–Trinajstić information content (AvgIpc) is 3.12. The fraction of sp³-hybridized carbons (Fsp3) is 0.359. The van der Waals surface area contributed by atoms with E-state index in [2.05, 4.69) is 29.7 Å². The molecule has 9 heteroatoms. The molecule has 0 unspecified atom stereocenters. The Bertz CT molecular complexity index is 1730. The summed E-state index contributed by atoms with van der Waals surface area (Å²) in [6, 6.07) is 19.1. The van der Waals surface area contributed by atoms with E-state index in [0.717, 1.165) is 44.0 Å². The van der Waals surface area contributed by atoms with Gasteiger partial charge in [-0.25, -0.2) is 0 Å². The molecule has 48 heavy (non-hydrogen) atoms. The normalized spacial score (nSPS) is 14.9. The summed E-state index contributed by atoms with van der Waals surface area (Å²) in [7, 11) is 0. The number of benzene rings is 3. The molecule has 1 saturated heterocycles. The minimum Gasteiger partial charge on any atom is -0.512 e. The first-order valence-electron chi connectivity index (χ1n) is 17.0. The number of nitrogens with zero attached hydrogens (tertiary/aromatic N) is 4. The molecule has 9 nitrogen and oxygen atoms in total. The number of carbonyl (C=O) groups is 3. The van der Waals surface area contributed by atoms with Crippen molar-refractivity contribution in [1.82, 2.24) is 14.7 Å². The fourth-order valence-corrected chi connectivity index (χ4v) is 6.72. The number of piperazine rings is 1. The van der Waals surface area contributed by atoms with Crippen LogP contribution in [0.25, 0.3) is 5.57 Å². The summed E-state index contributed by atoms with van der Waals surface area (Å²) < 4.78 is 0. The van der Waals surface area contributed by atoms with Crippen molar-refractivity contribution in [2.75, 3.05) is 57.3 Å². The van der Waals surface area contributed by atoms with Crippen molar-refractivity contribution < 1.29 is 24.6 Å². The van der Waals surface area contributed by atoms with E-state index in [9.17, 15) is 24.6 Å². The summed E-state index contributed by atoms with van der Waals surface area (Å²) in [4.78, 5) is 49.1. The highest BCUT2D eigenvalue weighted by atomic mass is 16.3. The molecule has 0 radical (unpaired) electrons. The second-order valence-corrected chi connectivity index (χ2v) is 12.0. The van der Waals surface area contributed by atoms with Gasteiger partial charge < -0.3 is 29.8 Å². The van der Waals surface area contributed by atoms with Crippen LogP contribution in [0.15, 0.2) is 84.3 Å². The van der Waals surface area contributed by atoms with Crippen molar-refractivity contribution in [1.29, 1.82) is 0 Å². The molecule has 1 aliphatic carbocycles. The summed E-state index contributed by atoms with van der Waals surface area (Å²) in [6.45, 7) is 12.6. The molecule has 0 aromatic heterocycles. The summed E-state index contributed by atoms with van der Waals surface area (Å²) in [6.07, 6.45) is 3.40. The van der Waals surface area contributed by atoms with E-state index in [1.807, 2.05) is 38.1 Å². The van der Waals surface area contributed by atoms with Gasteiger partial charge in [-0.3, -0.25) is 14.4 Å². The fourth-order valence-electron chi connectivity index (χ4n) is 6.72. The van der Waals surface area contributed by atoms with Crippen LogP contribution in [-0.2, 0) is 0 Å². The Morgan fingerprint density at radius 2 is 1.21 bits per heavy atom. The van der Waals surface area contributed by atoms with Crippen LogP contribution in [0.4, 0.5) is 5.69 Å². The van der Waals surface area contributed by atoms with Crippen molar-refractivity contribution in [3.63, 3.8) is 0 Å². The van der Waals surface area contributed by atoms with Gasteiger partial charge in [-0.2, -0.15) is 0 Å². The Morgan fingerprint density at radius 3 is 1.79 bits per heavy atom. The molecule has 252 valence electrons. The second kappa shape index (κ2) is 15.2. The van der Waals surface area contributed by atoms with Crippen LogP contribution in [0.3, 0.4) is 0 Å².